The van der Waals surface area contributed by atoms with Gasteiger partial charge in [-0.15, -0.1) is 0 Å². The molecule has 0 saturated carbocycles. The molecule has 0 spiro atoms. The van der Waals surface area contributed by atoms with Crippen LogP contribution in [0.15, 0.2) is 18.2 Å². The lowest BCUT2D eigenvalue weighted by Gasteiger charge is -2.25. The zero-order valence-corrected chi connectivity index (χ0v) is 11.0. The van der Waals surface area contributed by atoms with E-state index >= 15 is 0 Å². The average molecular weight is 262 g/mol. The fraction of sp³-hybridized carbons (Fsp3) is 0.467. The van der Waals surface area contributed by atoms with Crippen molar-refractivity contribution >= 4 is 11.9 Å². The third-order valence-corrected chi connectivity index (χ3v) is 3.37. The van der Waals surface area contributed by atoms with E-state index in [1.807, 2.05) is 19.1 Å². The van der Waals surface area contributed by atoms with Crippen LogP contribution in [0.4, 0.5) is 0 Å². The Morgan fingerprint density at radius 1 is 1.37 bits per heavy atom. The van der Waals surface area contributed by atoms with Gasteiger partial charge in [-0.25, -0.2) is 0 Å². The summed E-state index contributed by atoms with van der Waals surface area (Å²) in [6.45, 7) is 2.04. The first-order valence-corrected chi connectivity index (χ1v) is 6.57. The molecule has 19 heavy (non-hydrogen) atoms. The molecule has 1 aromatic rings. The molecule has 0 aromatic heterocycles. The van der Waals surface area contributed by atoms with Gasteiger partial charge in [-0.1, -0.05) is 23.8 Å². The monoisotopic (exact) mass is 262 g/mol. The molecule has 0 bridgehead atoms. The minimum absolute atomic E-state index is 0.0625. The summed E-state index contributed by atoms with van der Waals surface area (Å²) in [5.41, 5.74) is 3.51. The van der Waals surface area contributed by atoms with Crippen LogP contribution in [-0.2, 0) is 20.7 Å². The molecule has 1 aromatic carbocycles. The lowest BCUT2D eigenvalue weighted by atomic mass is 9.88. The molecular formula is C15H18O4. The van der Waals surface area contributed by atoms with Gasteiger partial charge in [0.2, 0.25) is 0 Å². The van der Waals surface area contributed by atoms with Crippen LogP contribution >= 0.6 is 0 Å². The van der Waals surface area contributed by atoms with E-state index in [1.165, 1.54) is 11.1 Å². The van der Waals surface area contributed by atoms with E-state index < -0.39 is 11.9 Å². The highest BCUT2D eigenvalue weighted by atomic mass is 16.5. The summed E-state index contributed by atoms with van der Waals surface area (Å²) in [6.07, 6.45) is 2.37. The second kappa shape index (κ2) is 5.87. The van der Waals surface area contributed by atoms with Gasteiger partial charge >= 0.3 is 11.9 Å². The summed E-state index contributed by atoms with van der Waals surface area (Å²) in [4.78, 5) is 22.0. The largest absolute Gasteiger partial charge is 0.481 e. The molecular weight excluding hydrogens is 244 g/mol. The van der Waals surface area contributed by atoms with Gasteiger partial charge in [0, 0.05) is 0 Å². The average Bonchev–Trinajstić information content (AvgIpc) is 2.36. The lowest BCUT2D eigenvalue weighted by Crippen LogP contribution is -2.17. The van der Waals surface area contributed by atoms with Crippen molar-refractivity contribution < 1.29 is 19.4 Å². The zero-order chi connectivity index (χ0) is 13.8. The van der Waals surface area contributed by atoms with Crippen LogP contribution in [0.1, 0.15) is 48.5 Å². The van der Waals surface area contributed by atoms with E-state index in [0.29, 0.717) is 0 Å². The fourth-order valence-electron chi connectivity index (χ4n) is 2.45. The Balaban J connectivity index is 2.03. The second-order valence-electron chi connectivity index (χ2n) is 4.97. The third-order valence-electron chi connectivity index (χ3n) is 3.37. The van der Waals surface area contributed by atoms with Gasteiger partial charge in [0.1, 0.15) is 6.10 Å². The van der Waals surface area contributed by atoms with E-state index in [2.05, 4.69) is 6.07 Å². The van der Waals surface area contributed by atoms with Crippen LogP contribution in [0, 0.1) is 6.92 Å². The van der Waals surface area contributed by atoms with Gasteiger partial charge < -0.3 is 9.84 Å². The van der Waals surface area contributed by atoms with Gasteiger partial charge in [-0.2, -0.15) is 0 Å². The summed E-state index contributed by atoms with van der Waals surface area (Å²) in [7, 11) is 0. The predicted octanol–water partition coefficient (Wildman–Crippen LogP) is 2.78. The highest BCUT2D eigenvalue weighted by Gasteiger charge is 2.23. The van der Waals surface area contributed by atoms with E-state index in [0.717, 1.165) is 24.8 Å². The molecule has 1 atom stereocenters. The molecule has 0 amide bonds. The third kappa shape index (κ3) is 3.56. The maximum Gasteiger partial charge on any atom is 0.306 e. The van der Waals surface area contributed by atoms with E-state index in [9.17, 15) is 9.59 Å². The van der Waals surface area contributed by atoms with Gasteiger partial charge in [0.05, 0.1) is 12.8 Å². The number of carboxylic acids is 1. The van der Waals surface area contributed by atoms with Crippen molar-refractivity contribution in [1.29, 1.82) is 0 Å². The lowest BCUT2D eigenvalue weighted by molar-refractivity contribution is -0.153. The van der Waals surface area contributed by atoms with Gasteiger partial charge in [0.15, 0.2) is 0 Å². The van der Waals surface area contributed by atoms with Crippen molar-refractivity contribution in [2.24, 2.45) is 0 Å². The molecule has 1 aliphatic rings. The first-order valence-electron chi connectivity index (χ1n) is 6.57. The number of carbonyl (C=O) groups excluding carboxylic acids is 1. The molecule has 0 fully saturated rings. The molecule has 1 aliphatic carbocycles. The topological polar surface area (TPSA) is 63.6 Å². The number of aryl methyl sites for hydroxylation is 2. The van der Waals surface area contributed by atoms with Crippen molar-refractivity contribution in [1.82, 2.24) is 0 Å². The maximum atomic E-state index is 11.6. The SMILES string of the molecule is Cc1ccc2c(c1)CCCC2OC(=O)CCC(=O)O. The Labute approximate surface area is 112 Å². The molecule has 1 unspecified atom stereocenters. The Morgan fingerprint density at radius 3 is 2.89 bits per heavy atom. The zero-order valence-electron chi connectivity index (χ0n) is 11.0. The molecule has 102 valence electrons. The molecule has 2 rings (SSSR count). The number of benzene rings is 1. The van der Waals surface area contributed by atoms with Crippen molar-refractivity contribution in [3.8, 4) is 0 Å². The summed E-state index contributed by atoms with van der Waals surface area (Å²) in [5.74, 6) is -1.41. The number of aliphatic carboxylic acids is 1. The van der Waals surface area contributed by atoms with Crippen molar-refractivity contribution in [2.75, 3.05) is 0 Å². The number of carbonyl (C=O) groups is 2. The van der Waals surface area contributed by atoms with Crippen molar-refractivity contribution in [3.05, 3.63) is 34.9 Å². The van der Waals surface area contributed by atoms with Gasteiger partial charge in [-0.3, -0.25) is 9.59 Å². The standard InChI is InChI=1S/C15H18O4/c1-10-5-6-12-11(9-10)3-2-4-13(12)19-15(18)8-7-14(16)17/h5-6,9,13H,2-4,7-8H2,1H3,(H,16,17). The number of hydrogen-bond acceptors (Lipinski definition) is 3. The first-order chi connectivity index (χ1) is 9.06. The summed E-state index contributed by atoms with van der Waals surface area (Å²) >= 11 is 0. The highest BCUT2D eigenvalue weighted by molar-refractivity contribution is 5.76. The minimum atomic E-state index is -0.975. The smallest absolute Gasteiger partial charge is 0.306 e. The minimum Gasteiger partial charge on any atom is -0.481 e. The van der Waals surface area contributed by atoms with Crippen LogP contribution in [0.25, 0.3) is 0 Å². The number of esters is 1. The summed E-state index contributed by atoms with van der Waals surface area (Å²) in [5, 5.41) is 8.55. The number of fused-ring (bicyclic) bond motifs is 1. The Kier molecular flexibility index (Phi) is 4.20. The van der Waals surface area contributed by atoms with Crippen molar-refractivity contribution in [3.63, 3.8) is 0 Å². The fourth-order valence-corrected chi connectivity index (χ4v) is 2.45. The Bertz CT molecular complexity index is 493. The summed E-state index contributed by atoms with van der Waals surface area (Å²) in [6, 6.07) is 6.16. The van der Waals surface area contributed by atoms with E-state index in [4.69, 9.17) is 9.84 Å². The van der Waals surface area contributed by atoms with Crippen LogP contribution < -0.4 is 0 Å². The van der Waals surface area contributed by atoms with Crippen LogP contribution in [0.3, 0.4) is 0 Å². The van der Waals surface area contributed by atoms with E-state index in [-0.39, 0.29) is 18.9 Å². The number of ether oxygens (including phenoxy) is 1. The Hall–Kier alpha value is -1.84. The normalized spacial score (nSPS) is 17.6. The molecule has 0 heterocycles. The quantitative estimate of drug-likeness (QED) is 0.847. The van der Waals surface area contributed by atoms with Gasteiger partial charge in [0.25, 0.3) is 0 Å². The molecule has 0 radical (unpaired) electrons. The van der Waals surface area contributed by atoms with E-state index in [1.54, 1.807) is 0 Å². The molecule has 0 aliphatic heterocycles. The second-order valence-corrected chi connectivity index (χ2v) is 4.97. The number of hydrogen-bond donors (Lipinski definition) is 1. The first kappa shape index (κ1) is 13.6. The predicted molar refractivity (Wildman–Crippen MR) is 69.8 cm³/mol. The van der Waals surface area contributed by atoms with Crippen LogP contribution in [-0.4, -0.2) is 17.0 Å². The molecule has 4 nitrogen and oxygen atoms in total. The molecule has 4 heteroatoms. The Morgan fingerprint density at radius 2 is 2.16 bits per heavy atom. The molecule has 1 N–H and O–H groups in total. The highest BCUT2D eigenvalue weighted by Crippen LogP contribution is 2.33. The number of rotatable bonds is 4. The number of carboxylic acid groups (broad SMARTS) is 1. The van der Waals surface area contributed by atoms with Gasteiger partial charge in [-0.05, 0) is 37.3 Å². The summed E-state index contributed by atoms with van der Waals surface area (Å²) < 4.78 is 5.41. The maximum absolute atomic E-state index is 11.6. The molecule has 0 saturated heterocycles. The van der Waals surface area contributed by atoms with Crippen LogP contribution in [0.5, 0.6) is 0 Å². The van der Waals surface area contributed by atoms with Crippen LogP contribution in [0.2, 0.25) is 0 Å². The van der Waals surface area contributed by atoms with Crippen molar-refractivity contribution in [2.45, 2.75) is 45.1 Å².